The van der Waals surface area contributed by atoms with Crippen molar-refractivity contribution in [2.75, 3.05) is 18.4 Å². The zero-order chi connectivity index (χ0) is 17.3. The van der Waals surface area contributed by atoms with Gasteiger partial charge in [0.25, 0.3) is 0 Å². The molecule has 1 aliphatic heterocycles. The molecular weight excluding hydrogens is 311 g/mol. The normalized spacial score (nSPS) is 18.0. The Morgan fingerprint density at radius 3 is 2.96 bits per heavy atom. The number of hydrogen-bond acceptors (Lipinski definition) is 5. The van der Waals surface area contributed by atoms with Gasteiger partial charge in [0.2, 0.25) is 5.95 Å². The summed E-state index contributed by atoms with van der Waals surface area (Å²) in [4.78, 5) is 22.4. The lowest BCUT2D eigenvalue weighted by atomic mass is 10.2. The van der Waals surface area contributed by atoms with Gasteiger partial charge in [0.15, 0.2) is 0 Å². The number of carbonyl (C=O) groups is 1. The Morgan fingerprint density at radius 2 is 2.21 bits per heavy atom. The maximum Gasteiger partial charge on any atom is 0.410 e. The van der Waals surface area contributed by atoms with E-state index >= 15 is 0 Å². The Hall–Kier alpha value is -2.44. The second-order valence-corrected chi connectivity index (χ2v) is 6.95. The van der Waals surface area contributed by atoms with Crippen molar-refractivity contribution in [1.82, 2.24) is 14.9 Å². The van der Waals surface area contributed by atoms with Gasteiger partial charge in [0, 0.05) is 30.7 Å². The number of fused-ring (bicyclic) bond motifs is 1. The summed E-state index contributed by atoms with van der Waals surface area (Å²) in [6, 6.07) is 4.47. The molecule has 1 N–H and O–H groups in total. The van der Waals surface area contributed by atoms with E-state index in [1.54, 1.807) is 17.2 Å². The molecule has 0 spiro atoms. The number of likely N-dealkylation sites (tertiary alicyclic amines) is 1. The van der Waals surface area contributed by atoms with Crippen LogP contribution < -0.4 is 5.32 Å². The Kier molecular flexibility index (Phi) is 4.26. The summed E-state index contributed by atoms with van der Waals surface area (Å²) in [5.74, 6) is 0.167. The van der Waals surface area contributed by atoms with Crippen LogP contribution in [0, 0.1) is 5.82 Å². The van der Waals surface area contributed by atoms with Gasteiger partial charge in [0.05, 0.1) is 5.52 Å². The number of nitrogens with one attached hydrogen (secondary N) is 1. The topological polar surface area (TPSA) is 67.3 Å². The highest BCUT2D eigenvalue weighted by molar-refractivity contribution is 5.78. The van der Waals surface area contributed by atoms with Crippen LogP contribution in [0.25, 0.3) is 10.9 Å². The fraction of sp³-hybridized carbons (Fsp3) is 0.471. The number of rotatable bonds is 2. The number of benzene rings is 1. The number of halogens is 1. The van der Waals surface area contributed by atoms with E-state index in [0.29, 0.717) is 29.9 Å². The Morgan fingerprint density at radius 1 is 1.42 bits per heavy atom. The van der Waals surface area contributed by atoms with Crippen molar-refractivity contribution in [1.29, 1.82) is 0 Å². The average molecular weight is 332 g/mol. The minimum absolute atomic E-state index is 0.0652. The highest BCUT2D eigenvalue weighted by Crippen LogP contribution is 2.19. The van der Waals surface area contributed by atoms with Crippen LogP contribution >= 0.6 is 0 Å². The van der Waals surface area contributed by atoms with Crippen LogP contribution in [0.15, 0.2) is 24.4 Å². The molecule has 2 aromatic rings. The molecule has 1 aromatic carbocycles. The lowest BCUT2D eigenvalue weighted by Gasteiger charge is -2.24. The van der Waals surface area contributed by atoms with E-state index in [1.165, 1.54) is 12.1 Å². The number of amides is 1. The van der Waals surface area contributed by atoms with Crippen LogP contribution in [-0.4, -0.2) is 45.7 Å². The van der Waals surface area contributed by atoms with Gasteiger partial charge >= 0.3 is 6.09 Å². The summed E-state index contributed by atoms with van der Waals surface area (Å²) in [7, 11) is 0. The summed E-state index contributed by atoms with van der Waals surface area (Å²) in [5, 5.41) is 3.88. The molecule has 1 fully saturated rings. The van der Waals surface area contributed by atoms with Crippen LogP contribution in [0.5, 0.6) is 0 Å². The van der Waals surface area contributed by atoms with Crippen molar-refractivity contribution in [3.05, 3.63) is 30.2 Å². The number of aromatic nitrogens is 2. The maximum absolute atomic E-state index is 13.2. The molecule has 3 rings (SSSR count). The third kappa shape index (κ3) is 3.90. The molecule has 128 valence electrons. The van der Waals surface area contributed by atoms with Gasteiger partial charge in [-0.2, -0.15) is 0 Å². The fourth-order valence-electron chi connectivity index (χ4n) is 2.63. The molecule has 1 aliphatic rings. The molecule has 0 aliphatic carbocycles. The van der Waals surface area contributed by atoms with E-state index < -0.39 is 5.60 Å². The maximum atomic E-state index is 13.2. The third-order valence-corrected chi connectivity index (χ3v) is 3.72. The average Bonchev–Trinajstić information content (AvgIpc) is 2.94. The van der Waals surface area contributed by atoms with E-state index in [-0.39, 0.29) is 18.0 Å². The van der Waals surface area contributed by atoms with Crippen LogP contribution in [0.2, 0.25) is 0 Å². The lowest BCUT2D eigenvalue weighted by molar-refractivity contribution is 0.0293. The predicted molar refractivity (Wildman–Crippen MR) is 89.3 cm³/mol. The molecule has 1 saturated heterocycles. The van der Waals surface area contributed by atoms with Crippen LogP contribution in [0.4, 0.5) is 15.1 Å². The monoisotopic (exact) mass is 332 g/mol. The molecule has 1 atom stereocenters. The molecule has 24 heavy (non-hydrogen) atoms. The minimum Gasteiger partial charge on any atom is -0.444 e. The van der Waals surface area contributed by atoms with Crippen LogP contribution in [0.1, 0.15) is 27.2 Å². The molecule has 0 saturated carbocycles. The van der Waals surface area contributed by atoms with Crippen molar-refractivity contribution in [3.63, 3.8) is 0 Å². The molecule has 6 nitrogen and oxygen atoms in total. The van der Waals surface area contributed by atoms with E-state index in [4.69, 9.17) is 4.74 Å². The second kappa shape index (κ2) is 6.22. The second-order valence-electron chi connectivity index (χ2n) is 6.95. The number of nitrogens with zero attached hydrogens (tertiary/aromatic N) is 3. The smallest absolute Gasteiger partial charge is 0.410 e. The Labute approximate surface area is 140 Å². The van der Waals surface area contributed by atoms with Crippen molar-refractivity contribution in [2.45, 2.75) is 38.8 Å². The third-order valence-electron chi connectivity index (χ3n) is 3.72. The summed E-state index contributed by atoms with van der Waals surface area (Å²) in [6.07, 6.45) is 2.08. The molecule has 0 radical (unpaired) electrons. The fourth-order valence-corrected chi connectivity index (χ4v) is 2.63. The van der Waals surface area contributed by atoms with Crippen LogP contribution in [-0.2, 0) is 4.74 Å². The lowest BCUT2D eigenvalue weighted by Crippen LogP contribution is -2.36. The largest absolute Gasteiger partial charge is 0.444 e. The van der Waals surface area contributed by atoms with E-state index in [9.17, 15) is 9.18 Å². The molecule has 7 heteroatoms. The summed E-state index contributed by atoms with van der Waals surface area (Å²) >= 11 is 0. The highest BCUT2D eigenvalue weighted by atomic mass is 19.1. The van der Waals surface area contributed by atoms with Gasteiger partial charge in [0.1, 0.15) is 11.4 Å². The Bertz CT molecular complexity index is 760. The van der Waals surface area contributed by atoms with E-state index in [0.717, 1.165) is 6.42 Å². The molecule has 0 unspecified atom stereocenters. The number of anilines is 1. The first kappa shape index (κ1) is 16.4. The standard InChI is InChI=1S/C17H21FN4O2/c1-17(2,3)24-16(23)22-7-6-13(10-22)20-15-19-9-11-8-12(18)4-5-14(11)21-15/h4-5,8-9,13H,6-7,10H2,1-3H3,(H,19,20,21)/t13-/m1/s1. The number of carbonyl (C=O) groups excluding carboxylic acids is 1. The predicted octanol–water partition coefficient (Wildman–Crippen LogP) is 3.19. The first-order chi connectivity index (χ1) is 11.3. The number of hydrogen-bond donors (Lipinski definition) is 1. The van der Waals surface area contributed by atoms with Gasteiger partial charge in [-0.1, -0.05) is 0 Å². The van der Waals surface area contributed by atoms with Gasteiger partial charge in [-0.15, -0.1) is 0 Å². The number of ether oxygens (including phenoxy) is 1. The van der Waals surface area contributed by atoms with Gasteiger partial charge in [-0.3, -0.25) is 0 Å². The summed E-state index contributed by atoms with van der Waals surface area (Å²) < 4.78 is 18.6. The first-order valence-electron chi connectivity index (χ1n) is 7.97. The Balaban J connectivity index is 1.63. The van der Waals surface area contributed by atoms with Crippen molar-refractivity contribution in [2.24, 2.45) is 0 Å². The molecule has 2 heterocycles. The molecular formula is C17H21FN4O2. The van der Waals surface area contributed by atoms with Gasteiger partial charge < -0.3 is 15.0 Å². The van der Waals surface area contributed by atoms with E-state index in [1.807, 2.05) is 20.8 Å². The first-order valence-corrected chi connectivity index (χ1v) is 7.97. The van der Waals surface area contributed by atoms with Gasteiger partial charge in [-0.25, -0.2) is 19.2 Å². The van der Waals surface area contributed by atoms with Crippen molar-refractivity contribution >= 4 is 22.9 Å². The SMILES string of the molecule is CC(C)(C)OC(=O)N1CC[C@@H](Nc2ncc3cc(F)ccc3n2)C1. The zero-order valence-electron chi connectivity index (χ0n) is 14.0. The van der Waals surface area contributed by atoms with Crippen molar-refractivity contribution < 1.29 is 13.9 Å². The molecule has 1 aromatic heterocycles. The quantitative estimate of drug-likeness (QED) is 0.915. The van der Waals surface area contributed by atoms with Crippen molar-refractivity contribution in [3.8, 4) is 0 Å². The van der Waals surface area contributed by atoms with Crippen LogP contribution in [0.3, 0.4) is 0 Å². The summed E-state index contributed by atoms with van der Waals surface area (Å²) in [6.45, 7) is 6.72. The minimum atomic E-state index is -0.501. The molecule has 1 amide bonds. The summed E-state index contributed by atoms with van der Waals surface area (Å²) in [5.41, 5.74) is 0.176. The molecule has 0 bridgehead atoms. The van der Waals surface area contributed by atoms with Gasteiger partial charge in [-0.05, 0) is 45.4 Å². The highest BCUT2D eigenvalue weighted by Gasteiger charge is 2.30. The van der Waals surface area contributed by atoms with E-state index in [2.05, 4.69) is 15.3 Å². The zero-order valence-corrected chi connectivity index (χ0v) is 14.0.